The monoisotopic (exact) mass is 229 g/mol. The van der Waals surface area contributed by atoms with Crippen molar-refractivity contribution in [2.75, 3.05) is 6.54 Å². The number of Topliss-reactive ketones (excluding diaryl/α,β-unsaturated/α-hetero) is 1. The van der Waals surface area contributed by atoms with Crippen LogP contribution in [0.4, 0.5) is 13.2 Å². The number of rotatable bonds is 1. The van der Waals surface area contributed by atoms with Crippen molar-refractivity contribution in [2.24, 2.45) is 0 Å². The number of carbonyl (C=O) groups is 1. The molecule has 0 saturated carbocycles. The molecule has 0 bridgehead atoms. The first kappa shape index (κ1) is 11.1. The first-order valence-electron chi connectivity index (χ1n) is 4.89. The van der Waals surface area contributed by atoms with Crippen LogP contribution in [0.25, 0.3) is 0 Å². The summed E-state index contributed by atoms with van der Waals surface area (Å²) < 4.78 is 36.9. The lowest BCUT2D eigenvalue weighted by Crippen LogP contribution is -2.14. The number of hydrogen-bond acceptors (Lipinski definition) is 2. The van der Waals surface area contributed by atoms with E-state index >= 15 is 0 Å². The highest BCUT2D eigenvalue weighted by molar-refractivity contribution is 5.83. The molecule has 0 aliphatic carbocycles. The summed E-state index contributed by atoms with van der Waals surface area (Å²) in [6.45, 7) is 0.297. The average molecular weight is 229 g/mol. The Bertz CT molecular complexity index is 397. The summed E-state index contributed by atoms with van der Waals surface area (Å²) >= 11 is 0. The Balaban J connectivity index is 2.17. The number of halogens is 3. The van der Waals surface area contributed by atoms with E-state index in [9.17, 15) is 18.0 Å². The van der Waals surface area contributed by atoms with Crippen LogP contribution < -0.4 is 5.32 Å². The fourth-order valence-corrected chi connectivity index (χ4v) is 1.75. The molecule has 1 saturated heterocycles. The van der Waals surface area contributed by atoms with Gasteiger partial charge >= 0.3 is 6.18 Å². The minimum Gasteiger partial charge on any atom is -0.303 e. The van der Waals surface area contributed by atoms with Gasteiger partial charge < -0.3 is 5.32 Å². The largest absolute Gasteiger partial charge is 0.416 e. The van der Waals surface area contributed by atoms with Crippen molar-refractivity contribution in [2.45, 2.75) is 18.6 Å². The maximum atomic E-state index is 12.3. The Labute approximate surface area is 90.5 Å². The first-order valence-corrected chi connectivity index (χ1v) is 4.89. The number of carbonyl (C=O) groups excluding carboxylic acids is 1. The zero-order valence-corrected chi connectivity index (χ0v) is 8.34. The first-order chi connectivity index (χ1) is 7.47. The zero-order valence-electron chi connectivity index (χ0n) is 8.34. The molecule has 1 aliphatic heterocycles. The van der Waals surface area contributed by atoms with Gasteiger partial charge in [-0.15, -0.1) is 0 Å². The van der Waals surface area contributed by atoms with E-state index in [4.69, 9.17) is 0 Å². The molecule has 1 aromatic carbocycles. The second-order valence-electron chi connectivity index (χ2n) is 3.80. The number of hydrogen-bond donors (Lipinski definition) is 1. The van der Waals surface area contributed by atoms with Gasteiger partial charge in [0.1, 0.15) is 5.78 Å². The third kappa shape index (κ3) is 2.24. The summed E-state index contributed by atoms with van der Waals surface area (Å²) in [5.41, 5.74) is 0.0550. The van der Waals surface area contributed by atoms with Crippen LogP contribution in [0.15, 0.2) is 24.3 Å². The van der Waals surface area contributed by atoms with Crippen LogP contribution in [0.3, 0.4) is 0 Å². The molecule has 0 aromatic heterocycles. The van der Waals surface area contributed by atoms with Gasteiger partial charge in [-0.1, -0.05) is 12.1 Å². The predicted octanol–water partition coefficient (Wildman–Crippen LogP) is 2.31. The van der Waals surface area contributed by atoms with Crippen molar-refractivity contribution >= 4 is 5.78 Å². The van der Waals surface area contributed by atoms with E-state index in [-0.39, 0.29) is 11.8 Å². The summed E-state index contributed by atoms with van der Waals surface area (Å²) in [4.78, 5) is 11.0. The standard InChI is InChI=1S/C11H10F3NO/c12-11(13,14)8-3-1-7(2-4-8)10-5-9(16)6-15-10/h1-4,10,15H,5-6H2. The second kappa shape index (κ2) is 3.90. The van der Waals surface area contributed by atoms with Gasteiger partial charge in [0.05, 0.1) is 12.1 Å². The highest BCUT2D eigenvalue weighted by Crippen LogP contribution is 2.30. The molecule has 5 heteroatoms. The lowest BCUT2D eigenvalue weighted by Gasteiger charge is -2.11. The highest BCUT2D eigenvalue weighted by atomic mass is 19.4. The van der Waals surface area contributed by atoms with E-state index in [1.54, 1.807) is 0 Å². The van der Waals surface area contributed by atoms with Crippen molar-refractivity contribution in [3.8, 4) is 0 Å². The Kier molecular flexibility index (Phi) is 2.71. The quantitative estimate of drug-likeness (QED) is 0.800. The summed E-state index contributed by atoms with van der Waals surface area (Å²) in [6.07, 6.45) is -3.96. The van der Waals surface area contributed by atoms with E-state index in [0.717, 1.165) is 17.7 Å². The van der Waals surface area contributed by atoms with E-state index in [1.807, 2.05) is 0 Å². The average Bonchev–Trinajstić information content (AvgIpc) is 2.64. The highest BCUT2D eigenvalue weighted by Gasteiger charge is 2.30. The molecule has 1 aliphatic rings. The Morgan fingerprint density at radius 1 is 1.19 bits per heavy atom. The van der Waals surface area contributed by atoms with Crippen LogP contribution in [-0.4, -0.2) is 12.3 Å². The molecule has 86 valence electrons. The fourth-order valence-electron chi connectivity index (χ4n) is 1.75. The van der Waals surface area contributed by atoms with Crippen LogP contribution in [0.1, 0.15) is 23.6 Å². The Morgan fingerprint density at radius 2 is 1.81 bits per heavy atom. The Hall–Kier alpha value is -1.36. The van der Waals surface area contributed by atoms with Crippen LogP contribution >= 0.6 is 0 Å². The molecule has 2 rings (SSSR count). The smallest absolute Gasteiger partial charge is 0.303 e. The maximum Gasteiger partial charge on any atom is 0.416 e. The number of benzene rings is 1. The van der Waals surface area contributed by atoms with Crippen LogP contribution in [-0.2, 0) is 11.0 Å². The zero-order chi connectivity index (χ0) is 11.8. The Morgan fingerprint density at radius 3 is 2.25 bits per heavy atom. The SMILES string of the molecule is O=C1CNC(c2ccc(C(F)(F)F)cc2)C1. The molecular formula is C11H10F3NO. The fraction of sp³-hybridized carbons (Fsp3) is 0.364. The lowest BCUT2D eigenvalue weighted by atomic mass is 10.0. The summed E-state index contributed by atoms with van der Waals surface area (Å²) in [6, 6.07) is 4.77. The molecular weight excluding hydrogens is 219 g/mol. The van der Waals surface area contributed by atoms with Gasteiger partial charge in [0.25, 0.3) is 0 Å². The van der Waals surface area contributed by atoms with Gasteiger partial charge in [-0.3, -0.25) is 4.79 Å². The summed E-state index contributed by atoms with van der Waals surface area (Å²) in [5, 5.41) is 2.95. The van der Waals surface area contributed by atoms with Gasteiger partial charge in [-0.05, 0) is 17.7 Å². The van der Waals surface area contributed by atoms with Gasteiger partial charge in [0, 0.05) is 12.5 Å². The van der Waals surface area contributed by atoms with E-state index < -0.39 is 11.7 Å². The molecule has 1 heterocycles. The molecule has 1 N–H and O–H groups in total. The van der Waals surface area contributed by atoms with Crippen LogP contribution in [0.5, 0.6) is 0 Å². The molecule has 1 atom stereocenters. The van der Waals surface area contributed by atoms with Gasteiger partial charge in [-0.25, -0.2) is 0 Å². The topological polar surface area (TPSA) is 29.1 Å². The van der Waals surface area contributed by atoms with Gasteiger partial charge in [0.2, 0.25) is 0 Å². The third-order valence-corrected chi connectivity index (χ3v) is 2.62. The van der Waals surface area contributed by atoms with Gasteiger partial charge in [0.15, 0.2) is 0 Å². The molecule has 1 aromatic rings. The molecule has 1 unspecified atom stereocenters. The van der Waals surface area contributed by atoms with Crippen molar-refractivity contribution < 1.29 is 18.0 Å². The minimum atomic E-state index is -4.31. The molecule has 16 heavy (non-hydrogen) atoms. The number of ketones is 1. The minimum absolute atomic E-state index is 0.0879. The van der Waals surface area contributed by atoms with E-state index in [2.05, 4.69) is 5.32 Å². The molecule has 0 spiro atoms. The predicted molar refractivity (Wildman–Crippen MR) is 51.8 cm³/mol. The number of nitrogens with one attached hydrogen (secondary N) is 1. The van der Waals surface area contributed by atoms with Crippen molar-refractivity contribution in [1.29, 1.82) is 0 Å². The van der Waals surface area contributed by atoms with Crippen LogP contribution in [0, 0.1) is 0 Å². The molecule has 2 nitrogen and oxygen atoms in total. The molecule has 0 radical (unpaired) electrons. The van der Waals surface area contributed by atoms with Crippen LogP contribution in [0.2, 0.25) is 0 Å². The van der Waals surface area contributed by atoms with Crippen molar-refractivity contribution in [1.82, 2.24) is 5.32 Å². The summed E-state index contributed by atoms with van der Waals surface area (Å²) in [7, 11) is 0. The molecule has 1 fully saturated rings. The van der Waals surface area contributed by atoms with E-state index in [1.165, 1.54) is 12.1 Å². The summed E-state index contributed by atoms with van der Waals surface area (Å²) in [5.74, 6) is 0.0879. The number of alkyl halides is 3. The second-order valence-corrected chi connectivity index (χ2v) is 3.80. The van der Waals surface area contributed by atoms with E-state index in [0.29, 0.717) is 13.0 Å². The lowest BCUT2D eigenvalue weighted by molar-refractivity contribution is -0.137. The van der Waals surface area contributed by atoms with Crippen molar-refractivity contribution in [3.05, 3.63) is 35.4 Å². The maximum absolute atomic E-state index is 12.3. The van der Waals surface area contributed by atoms with Gasteiger partial charge in [-0.2, -0.15) is 13.2 Å². The van der Waals surface area contributed by atoms with Crippen molar-refractivity contribution in [3.63, 3.8) is 0 Å². The normalized spacial score (nSPS) is 21.4. The third-order valence-electron chi connectivity index (χ3n) is 2.62. The molecule has 0 amide bonds.